The summed E-state index contributed by atoms with van der Waals surface area (Å²) in [4.78, 5) is 23.8. The summed E-state index contributed by atoms with van der Waals surface area (Å²) in [6, 6.07) is 5.56. The van der Waals surface area contributed by atoms with E-state index < -0.39 is 12.1 Å². The lowest BCUT2D eigenvalue weighted by atomic mass is 10.2. The zero-order valence-corrected chi connectivity index (χ0v) is 11.5. The first-order valence-electron chi connectivity index (χ1n) is 5.98. The van der Waals surface area contributed by atoms with Crippen molar-refractivity contribution in [3.8, 4) is 0 Å². The van der Waals surface area contributed by atoms with Gasteiger partial charge in [-0.2, -0.15) is 0 Å². The second kappa shape index (κ2) is 5.13. The van der Waals surface area contributed by atoms with Crippen LogP contribution in [0, 0.1) is 10.1 Å². The molecule has 0 N–H and O–H groups in total. The Labute approximate surface area is 110 Å². The van der Waals surface area contributed by atoms with Crippen LogP contribution in [0.25, 0.3) is 0 Å². The minimum absolute atomic E-state index is 0.0340. The Bertz CT molecular complexity index is 543. The number of amides is 1. The molecule has 1 saturated heterocycles. The van der Waals surface area contributed by atoms with Crippen LogP contribution in [0.2, 0.25) is 0 Å². The van der Waals surface area contributed by atoms with Gasteiger partial charge < -0.3 is 9.46 Å². The van der Waals surface area contributed by atoms with Crippen molar-refractivity contribution in [3.05, 3.63) is 39.9 Å². The van der Waals surface area contributed by atoms with E-state index in [0.29, 0.717) is 31.0 Å². The van der Waals surface area contributed by atoms with Crippen LogP contribution >= 0.6 is 7.14 Å². The van der Waals surface area contributed by atoms with Gasteiger partial charge in [0.25, 0.3) is 11.6 Å². The molecule has 6 nitrogen and oxygen atoms in total. The molecule has 1 fully saturated rings. The van der Waals surface area contributed by atoms with Crippen molar-refractivity contribution < 1.29 is 14.3 Å². The summed E-state index contributed by atoms with van der Waals surface area (Å²) in [6.45, 7) is 2.74. The minimum atomic E-state index is -2.06. The summed E-state index contributed by atoms with van der Waals surface area (Å²) in [6.07, 6.45) is 1.09. The van der Waals surface area contributed by atoms with Crippen molar-refractivity contribution in [2.24, 2.45) is 0 Å². The van der Waals surface area contributed by atoms with E-state index in [1.165, 1.54) is 24.3 Å². The maximum absolute atomic E-state index is 12.2. The summed E-state index contributed by atoms with van der Waals surface area (Å²) < 4.78 is 11.8. The first-order chi connectivity index (χ1) is 8.89. The topological polar surface area (TPSA) is 80.5 Å². The Hall–Kier alpha value is -1.68. The highest BCUT2D eigenvalue weighted by atomic mass is 31.2. The lowest BCUT2D eigenvalue weighted by molar-refractivity contribution is -0.384. The zero-order valence-electron chi connectivity index (χ0n) is 10.6. The average molecular weight is 282 g/mol. The predicted molar refractivity (Wildman–Crippen MR) is 72.3 cm³/mol. The molecule has 0 saturated carbocycles. The molecule has 0 atom stereocenters. The molecule has 19 heavy (non-hydrogen) atoms. The van der Waals surface area contributed by atoms with Crippen molar-refractivity contribution in [1.82, 2.24) is 4.90 Å². The van der Waals surface area contributed by atoms with Crippen LogP contribution in [-0.2, 0) is 4.57 Å². The molecule has 1 heterocycles. The first kappa shape index (κ1) is 13.7. The number of rotatable bonds is 2. The standard InChI is InChI=1S/C12H15N2O4P/c1-19(18)8-6-13(7-9-19)12(15)10-2-4-11(5-3-10)14(16)17/h2-5H,6-9H2,1H3. The van der Waals surface area contributed by atoms with E-state index in [1.54, 1.807) is 11.6 Å². The minimum Gasteiger partial charge on any atom is -0.338 e. The maximum atomic E-state index is 12.2. The number of carbonyl (C=O) groups is 1. The first-order valence-corrected chi connectivity index (χ1v) is 8.51. The van der Waals surface area contributed by atoms with Crippen LogP contribution < -0.4 is 0 Å². The van der Waals surface area contributed by atoms with E-state index in [4.69, 9.17) is 0 Å². The van der Waals surface area contributed by atoms with Crippen molar-refractivity contribution in [1.29, 1.82) is 0 Å². The third-order valence-corrected chi connectivity index (χ3v) is 5.59. The van der Waals surface area contributed by atoms with Gasteiger partial charge in [-0.15, -0.1) is 0 Å². The Balaban J connectivity index is 2.08. The lowest BCUT2D eigenvalue weighted by Crippen LogP contribution is -2.39. The second-order valence-electron chi connectivity index (χ2n) is 4.84. The van der Waals surface area contributed by atoms with Gasteiger partial charge in [-0.05, 0) is 18.8 Å². The van der Waals surface area contributed by atoms with Crippen LogP contribution in [0.3, 0.4) is 0 Å². The number of nitrogens with zero attached hydrogens (tertiary/aromatic N) is 2. The number of non-ortho nitro benzene ring substituents is 1. The van der Waals surface area contributed by atoms with E-state index >= 15 is 0 Å². The maximum Gasteiger partial charge on any atom is 0.269 e. The van der Waals surface area contributed by atoms with E-state index in [2.05, 4.69) is 0 Å². The molecule has 7 heteroatoms. The van der Waals surface area contributed by atoms with Crippen molar-refractivity contribution in [2.45, 2.75) is 0 Å². The van der Waals surface area contributed by atoms with Gasteiger partial charge in [0.05, 0.1) is 12.1 Å². The highest BCUT2D eigenvalue weighted by molar-refractivity contribution is 7.63. The molecule has 0 aliphatic carbocycles. The molecule has 2 rings (SSSR count). The molecule has 0 spiro atoms. The van der Waals surface area contributed by atoms with Crippen molar-refractivity contribution in [2.75, 3.05) is 32.1 Å². The van der Waals surface area contributed by atoms with Gasteiger partial charge in [0.2, 0.25) is 0 Å². The second-order valence-corrected chi connectivity index (χ2v) is 8.33. The fourth-order valence-corrected chi connectivity index (χ4v) is 3.55. The number of hydrogen-bond acceptors (Lipinski definition) is 4. The summed E-state index contributed by atoms with van der Waals surface area (Å²) in [5.74, 6) is -0.158. The fourth-order valence-electron chi connectivity index (χ4n) is 2.00. The van der Waals surface area contributed by atoms with Crippen LogP contribution in [0.15, 0.2) is 24.3 Å². The fraction of sp³-hybridized carbons (Fsp3) is 0.417. The monoisotopic (exact) mass is 282 g/mol. The van der Waals surface area contributed by atoms with Crippen LogP contribution in [0.1, 0.15) is 10.4 Å². The van der Waals surface area contributed by atoms with E-state index in [9.17, 15) is 19.5 Å². The van der Waals surface area contributed by atoms with Gasteiger partial charge in [-0.1, -0.05) is 0 Å². The molecule has 0 bridgehead atoms. The molecule has 0 unspecified atom stereocenters. The summed E-state index contributed by atoms with van der Waals surface area (Å²) >= 11 is 0. The summed E-state index contributed by atoms with van der Waals surface area (Å²) in [5.41, 5.74) is 0.395. The quantitative estimate of drug-likeness (QED) is 0.472. The van der Waals surface area contributed by atoms with Crippen molar-refractivity contribution >= 4 is 18.7 Å². The van der Waals surface area contributed by atoms with E-state index in [0.717, 1.165) is 0 Å². The normalized spacial score (nSPS) is 18.1. The number of benzene rings is 1. The third-order valence-electron chi connectivity index (χ3n) is 3.30. The molecular weight excluding hydrogens is 267 g/mol. The highest BCUT2D eigenvalue weighted by Crippen LogP contribution is 2.43. The van der Waals surface area contributed by atoms with Crippen molar-refractivity contribution in [3.63, 3.8) is 0 Å². The smallest absolute Gasteiger partial charge is 0.269 e. The molecule has 1 amide bonds. The Kier molecular flexibility index (Phi) is 3.71. The molecule has 0 aromatic heterocycles. The number of nitro benzene ring substituents is 1. The molecule has 1 aliphatic rings. The molecule has 1 aromatic rings. The number of nitro groups is 1. The van der Waals surface area contributed by atoms with Crippen LogP contribution in [0.4, 0.5) is 5.69 Å². The van der Waals surface area contributed by atoms with E-state index in [1.807, 2.05) is 0 Å². The number of hydrogen-bond donors (Lipinski definition) is 0. The average Bonchev–Trinajstić information content (AvgIpc) is 2.38. The predicted octanol–water partition coefficient (Wildman–Crippen LogP) is 2.04. The SMILES string of the molecule is CP1(=O)CCN(C(=O)c2ccc([N+](=O)[O-])cc2)CC1. The molecule has 0 radical (unpaired) electrons. The Morgan fingerprint density at radius 1 is 1.26 bits per heavy atom. The lowest BCUT2D eigenvalue weighted by Gasteiger charge is -2.30. The molecular formula is C12H15N2O4P. The van der Waals surface area contributed by atoms with Gasteiger partial charge in [-0.3, -0.25) is 14.9 Å². The van der Waals surface area contributed by atoms with Gasteiger partial charge in [0.1, 0.15) is 0 Å². The van der Waals surface area contributed by atoms with Gasteiger partial charge in [0.15, 0.2) is 0 Å². The zero-order chi connectivity index (χ0) is 14.0. The van der Waals surface area contributed by atoms with E-state index in [-0.39, 0.29) is 11.6 Å². The molecule has 102 valence electrons. The van der Waals surface area contributed by atoms with Crippen LogP contribution in [-0.4, -0.2) is 47.8 Å². The Morgan fingerprint density at radius 3 is 2.26 bits per heavy atom. The molecule has 1 aromatic carbocycles. The Morgan fingerprint density at radius 2 is 1.79 bits per heavy atom. The molecule has 1 aliphatic heterocycles. The largest absolute Gasteiger partial charge is 0.338 e. The van der Waals surface area contributed by atoms with Crippen LogP contribution in [0.5, 0.6) is 0 Å². The number of carbonyl (C=O) groups excluding carboxylic acids is 1. The highest BCUT2D eigenvalue weighted by Gasteiger charge is 2.27. The summed E-state index contributed by atoms with van der Waals surface area (Å²) in [7, 11) is -2.06. The third kappa shape index (κ3) is 3.20. The van der Waals surface area contributed by atoms with Gasteiger partial charge in [0, 0.05) is 43.1 Å². The van der Waals surface area contributed by atoms with Gasteiger partial charge in [-0.25, -0.2) is 0 Å². The summed E-state index contributed by atoms with van der Waals surface area (Å²) in [5, 5.41) is 10.5. The van der Waals surface area contributed by atoms with Gasteiger partial charge >= 0.3 is 0 Å².